The summed E-state index contributed by atoms with van der Waals surface area (Å²) >= 11 is 2.78. The van der Waals surface area contributed by atoms with Crippen molar-refractivity contribution in [2.45, 2.75) is 13.3 Å². The summed E-state index contributed by atoms with van der Waals surface area (Å²) < 4.78 is 36.9. The highest BCUT2D eigenvalue weighted by molar-refractivity contribution is 9.10. The van der Waals surface area contributed by atoms with Crippen LogP contribution in [-0.2, 0) is 0 Å². The summed E-state index contributed by atoms with van der Waals surface area (Å²) in [6.07, 6.45) is -2.62. The van der Waals surface area contributed by atoms with E-state index in [4.69, 9.17) is 0 Å². The van der Waals surface area contributed by atoms with E-state index in [1.807, 2.05) is 0 Å². The van der Waals surface area contributed by atoms with Gasteiger partial charge in [-0.25, -0.2) is 13.8 Å². The lowest BCUT2D eigenvalue weighted by Gasteiger charge is -2.04. The van der Waals surface area contributed by atoms with Crippen molar-refractivity contribution in [2.75, 3.05) is 0 Å². The van der Waals surface area contributed by atoms with Crippen molar-refractivity contribution in [2.24, 2.45) is 0 Å². The van der Waals surface area contributed by atoms with Crippen LogP contribution in [-0.4, -0.2) is 4.98 Å². The van der Waals surface area contributed by atoms with Crippen LogP contribution in [0.15, 0.2) is 10.5 Å². The zero-order valence-electron chi connectivity index (χ0n) is 6.11. The van der Waals surface area contributed by atoms with Gasteiger partial charge in [0.2, 0.25) is 5.95 Å². The van der Waals surface area contributed by atoms with E-state index in [1.54, 1.807) is 0 Å². The maximum atomic E-state index is 12.6. The van der Waals surface area contributed by atoms with E-state index >= 15 is 0 Å². The molecular formula is C7H5BrF3N. The number of aromatic nitrogens is 1. The first kappa shape index (κ1) is 9.51. The fourth-order valence-corrected chi connectivity index (χ4v) is 1.12. The molecule has 0 aliphatic rings. The lowest BCUT2D eigenvalue weighted by atomic mass is 10.2. The van der Waals surface area contributed by atoms with Crippen LogP contribution >= 0.6 is 15.9 Å². The lowest BCUT2D eigenvalue weighted by Crippen LogP contribution is -1.96. The van der Waals surface area contributed by atoms with Gasteiger partial charge in [-0.05, 0) is 28.9 Å². The molecule has 0 fully saturated rings. The highest BCUT2D eigenvalue weighted by Crippen LogP contribution is 2.25. The van der Waals surface area contributed by atoms with Crippen LogP contribution in [0.1, 0.15) is 17.7 Å². The minimum absolute atomic E-state index is 0.0192. The van der Waals surface area contributed by atoms with Crippen molar-refractivity contribution in [1.82, 2.24) is 4.98 Å². The molecule has 66 valence electrons. The Labute approximate surface area is 75.7 Å². The first-order valence-electron chi connectivity index (χ1n) is 3.13. The molecule has 0 N–H and O–H groups in total. The molecule has 0 bridgehead atoms. The van der Waals surface area contributed by atoms with E-state index in [0.717, 1.165) is 6.07 Å². The maximum absolute atomic E-state index is 12.6. The molecule has 0 radical (unpaired) electrons. The molecule has 1 rings (SSSR count). The van der Waals surface area contributed by atoms with E-state index in [9.17, 15) is 13.2 Å². The van der Waals surface area contributed by atoms with Crippen molar-refractivity contribution in [3.8, 4) is 0 Å². The number of hydrogen-bond donors (Lipinski definition) is 0. The fourth-order valence-electron chi connectivity index (χ4n) is 0.787. The molecule has 0 unspecified atom stereocenters. The lowest BCUT2D eigenvalue weighted by molar-refractivity contribution is 0.149. The van der Waals surface area contributed by atoms with Crippen LogP contribution in [0, 0.1) is 12.9 Å². The minimum Gasteiger partial charge on any atom is -0.224 e. The molecule has 0 saturated heterocycles. The molecule has 1 heterocycles. The second-order valence-electron chi connectivity index (χ2n) is 2.24. The Morgan fingerprint density at radius 2 is 2.08 bits per heavy atom. The summed E-state index contributed by atoms with van der Waals surface area (Å²) in [6.45, 7) is 1.34. The van der Waals surface area contributed by atoms with Crippen LogP contribution in [0.2, 0.25) is 0 Å². The Morgan fingerprint density at radius 3 is 2.58 bits per heavy atom. The van der Waals surface area contributed by atoms with Gasteiger partial charge < -0.3 is 0 Å². The number of alkyl halides is 2. The summed E-state index contributed by atoms with van der Waals surface area (Å²) in [7, 11) is 0. The minimum atomic E-state index is -2.62. The number of hydrogen-bond acceptors (Lipinski definition) is 1. The molecule has 12 heavy (non-hydrogen) atoms. The van der Waals surface area contributed by atoms with Gasteiger partial charge in [-0.3, -0.25) is 0 Å². The Hall–Kier alpha value is -0.580. The van der Waals surface area contributed by atoms with E-state index in [-0.39, 0.29) is 15.7 Å². The highest BCUT2D eigenvalue weighted by atomic mass is 79.9. The van der Waals surface area contributed by atoms with Crippen LogP contribution in [0.5, 0.6) is 0 Å². The Balaban J connectivity index is 3.23. The fraction of sp³-hybridized carbons (Fsp3) is 0.286. The molecule has 1 aromatic heterocycles. The van der Waals surface area contributed by atoms with Crippen molar-refractivity contribution < 1.29 is 13.2 Å². The molecule has 0 aliphatic heterocycles. The normalized spacial score (nSPS) is 10.8. The smallest absolute Gasteiger partial charge is 0.224 e. The average Bonchev–Trinajstić information content (AvgIpc) is 1.96. The summed E-state index contributed by atoms with van der Waals surface area (Å²) in [5, 5.41) is 0. The standard InChI is InChI=1S/C7H5BrF3N/c1-3-4(6(9)10)2-5(8)7(11)12-3/h2,6H,1H3. The van der Waals surface area contributed by atoms with Crippen molar-refractivity contribution >= 4 is 15.9 Å². The van der Waals surface area contributed by atoms with Crippen LogP contribution in [0.3, 0.4) is 0 Å². The van der Waals surface area contributed by atoms with E-state index in [2.05, 4.69) is 20.9 Å². The predicted octanol–water partition coefficient (Wildman–Crippen LogP) is 3.23. The number of pyridine rings is 1. The summed E-state index contributed by atoms with van der Waals surface area (Å²) in [6, 6.07) is 1.04. The van der Waals surface area contributed by atoms with Crippen molar-refractivity contribution in [3.63, 3.8) is 0 Å². The zero-order chi connectivity index (χ0) is 9.30. The molecule has 0 amide bonds. The Kier molecular flexibility index (Phi) is 2.72. The molecule has 0 aromatic carbocycles. The van der Waals surface area contributed by atoms with Gasteiger partial charge >= 0.3 is 0 Å². The molecular weight excluding hydrogens is 235 g/mol. The van der Waals surface area contributed by atoms with Crippen LogP contribution < -0.4 is 0 Å². The topological polar surface area (TPSA) is 12.9 Å². The predicted molar refractivity (Wildman–Crippen MR) is 41.6 cm³/mol. The van der Waals surface area contributed by atoms with Crippen molar-refractivity contribution in [3.05, 3.63) is 27.7 Å². The first-order valence-corrected chi connectivity index (χ1v) is 3.92. The number of halogens is 4. The molecule has 0 aliphatic carbocycles. The first-order chi connectivity index (χ1) is 5.52. The highest BCUT2D eigenvalue weighted by Gasteiger charge is 2.14. The maximum Gasteiger partial charge on any atom is 0.265 e. The third-order valence-corrected chi connectivity index (χ3v) is 1.95. The summed E-state index contributed by atoms with van der Waals surface area (Å²) in [5.41, 5.74) is -0.228. The zero-order valence-corrected chi connectivity index (χ0v) is 7.70. The second kappa shape index (κ2) is 3.43. The summed E-state index contributed by atoms with van der Waals surface area (Å²) in [4.78, 5) is 3.30. The van der Waals surface area contributed by atoms with Gasteiger partial charge in [0.1, 0.15) is 0 Å². The van der Waals surface area contributed by atoms with Gasteiger partial charge in [0, 0.05) is 11.3 Å². The number of aryl methyl sites for hydroxylation is 1. The number of rotatable bonds is 1. The molecule has 1 nitrogen and oxygen atoms in total. The van der Waals surface area contributed by atoms with E-state index in [1.165, 1.54) is 6.92 Å². The molecule has 5 heteroatoms. The second-order valence-corrected chi connectivity index (χ2v) is 3.09. The summed E-state index contributed by atoms with van der Waals surface area (Å²) in [5.74, 6) is -0.767. The van der Waals surface area contributed by atoms with Gasteiger partial charge in [0.05, 0.1) is 4.47 Å². The molecule has 0 saturated carbocycles. The third kappa shape index (κ3) is 1.77. The van der Waals surface area contributed by atoms with Crippen molar-refractivity contribution in [1.29, 1.82) is 0 Å². The van der Waals surface area contributed by atoms with Gasteiger partial charge in [0.15, 0.2) is 0 Å². The van der Waals surface area contributed by atoms with Gasteiger partial charge in [-0.15, -0.1) is 0 Å². The molecule has 0 spiro atoms. The van der Waals surface area contributed by atoms with Gasteiger partial charge in [-0.2, -0.15) is 4.39 Å². The van der Waals surface area contributed by atoms with Gasteiger partial charge in [-0.1, -0.05) is 0 Å². The Morgan fingerprint density at radius 1 is 1.50 bits per heavy atom. The largest absolute Gasteiger partial charge is 0.265 e. The third-order valence-electron chi connectivity index (χ3n) is 1.40. The molecule has 0 atom stereocenters. The number of nitrogens with zero attached hydrogens (tertiary/aromatic N) is 1. The Bertz CT molecular complexity index is 301. The van der Waals surface area contributed by atoms with Crippen LogP contribution in [0.4, 0.5) is 13.2 Å². The monoisotopic (exact) mass is 239 g/mol. The SMILES string of the molecule is Cc1nc(F)c(Br)cc1C(F)F. The van der Waals surface area contributed by atoms with E-state index in [0.29, 0.717) is 0 Å². The van der Waals surface area contributed by atoms with Gasteiger partial charge in [0.25, 0.3) is 6.43 Å². The average molecular weight is 240 g/mol. The van der Waals surface area contributed by atoms with Crippen LogP contribution in [0.25, 0.3) is 0 Å². The molecule has 1 aromatic rings. The van der Waals surface area contributed by atoms with E-state index < -0.39 is 12.4 Å². The quantitative estimate of drug-likeness (QED) is 0.686.